The molecule has 0 saturated heterocycles. The molecular weight excluding hydrogens is 510 g/mol. The van der Waals surface area contributed by atoms with Gasteiger partial charge in [-0.3, -0.25) is 25.0 Å². The average molecular weight is 540 g/mol. The lowest BCUT2D eigenvalue weighted by Crippen LogP contribution is -2.47. The lowest BCUT2D eigenvalue weighted by molar-refractivity contribution is -0.186. The molecule has 2 aromatic carbocycles. The van der Waals surface area contributed by atoms with Crippen molar-refractivity contribution in [1.82, 2.24) is 25.5 Å². The van der Waals surface area contributed by atoms with Crippen LogP contribution in [0, 0.1) is 0 Å². The normalized spacial score (nSPS) is 11.5. The number of rotatable bonds is 10. The molecule has 13 heteroatoms. The van der Waals surface area contributed by atoms with Crippen LogP contribution in [0.5, 0.6) is 5.75 Å². The summed E-state index contributed by atoms with van der Waals surface area (Å²) in [5, 5.41) is 45.6. The molecule has 3 aromatic rings. The van der Waals surface area contributed by atoms with Crippen LogP contribution in [0.15, 0.2) is 60.9 Å². The van der Waals surface area contributed by atoms with Crippen LogP contribution in [0.4, 0.5) is 0 Å². The Labute approximate surface area is 223 Å². The second kappa shape index (κ2) is 12.0. The van der Waals surface area contributed by atoms with E-state index in [1.54, 1.807) is 11.0 Å². The molecule has 0 aliphatic heterocycles. The number of amides is 3. The average Bonchev–Trinajstić information content (AvgIpc) is 2.93. The first kappa shape index (κ1) is 29.1. The number of aliphatic hydroxyl groups is 4. The van der Waals surface area contributed by atoms with Gasteiger partial charge in [-0.05, 0) is 38.1 Å². The minimum atomic E-state index is -2.85. The Balaban J connectivity index is 1.73. The molecule has 206 valence electrons. The van der Waals surface area contributed by atoms with Crippen LogP contribution in [0.25, 0.3) is 0 Å². The molecule has 3 rings (SSSR count). The zero-order valence-corrected chi connectivity index (χ0v) is 21.5. The standard InChI is InChI=1S/C26H29N5O8/c1-4-31(5-2)24(34)16-9-11-17(12-10-16)25(35,36)29-22(32)20-14-21(28-15-27-20)23(33)30-26(37,38)18-7-6-8-19(13-18)39-3/h6-15,35-38H,4-5H2,1-3H3,(H,29,32)(H,30,33). The SMILES string of the molecule is CCN(CC)C(=O)c1ccc(C(O)(O)NC(=O)c2cc(C(=O)NC(O)(O)c3cccc(OC)c3)ncn2)cc1. The summed E-state index contributed by atoms with van der Waals surface area (Å²) >= 11 is 0. The molecule has 0 spiro atoms. The first-order valence-corrected chi connectivity index (χ1v) is 11.8. The van der Waals surface area contributed by atoms with Gasteiger partial charge in [0.15, 0.2) is 0 Å². The minimum absolute atomic E-state index is 0.0996. The predicted octanol–water partition coefficient (Wildman–Crippen LogP) is 0.0170. The van der Waals surface area contributed by atoms with E-state index in [9.17, 15) is 34.8 Å². The summed E-state index contributed by atoms with van der Waals surface area (Å²) in [6.07, 6.45) is 0.871. The lowest BCUT2D eigenvalue weighted by Gasteiger charge is -2.24. The van der Waals surface area contributed by atoms with Crippen LogP contribution >= 0.6 is 0 Å². The smallest absolute Gasteiger partial charge is 0.275 e. The zero-order chi connectivity index (χ0) is 28.8. The van der Waals surface area contributed by atoms with Gasteiger partial charge in [0.25, 0.3) is 29.5 Å². The minimum Gasteiger partial charge on any atom is -0.497 e. The number of nitrogens with zero attached hydrogens (tertiary/aromatic N) is 3. The summed E-state index contributed by atoms with van der Waals surface area (Å²) in [7, 11) is 1.39. The second-order valence-electron chi connectivity index (χ2n) is 8.33. The number of ether oxygens (including phenoxy) is 1. The molecule has 6 N–H and O–H groups in total. The molecular formula is C26H29N5O8. The number of hydrogen-bond donors (Lipinski definition) is 6. The Morgan fingerprint density at radius 1 is 0.821 bits per heavy atom. The molecule has 13 nitrogen and oxygen atoms in total. The summed E-state index contributed by atoms with van der Waals surface area (Å²) in [5.41, 5.74) is -0.737. The summed E-state index contributed by atoms with van der Waals surface area (Å²) < 4.78 is 5.03. The van der Waals surface area contributed by atoms with Crippen molar-refractivity contribution < 1.29 is 39.5 Å². The maximum Gasteiger partial charge on any atom is 0.275 e. The van der Waals surface area contributed by atoms with Crippen molar-refractivity contribution in [3.63, 3.8) is 0 Å². The highest BCUT2D eigenvalue weighted by Crippen LogP contribution is 2.21. The van der Waals surface area contributed by atoms with Crippen LogP contribution in [-0.2, 0) is 11.8 Å². The maximum atomic E-state index is 12.7. The number of nitrogens with one attached hydrogen (secondary N) is 2. The lowest BCUT2D eigenvalue weighted by atomic mass is 10.1. The van der Waals surface area contributed by atoms with E-state index in [0.717, 1.165) is 12.4 Å². The molecule has 1 aromatic heterocycles. The van der Waals surface area contributed by atoms with Crippen LogP contribution in [0.3, 0.4) is 0 Å². The van der Waals surface area contributed by atoms with Crippen molar-refractivity contribution in [3.8, 4) is 5.75 Å². The zero-order valence-electron chi connectivity index (χ0n) is 21.5. The highest BCUT2D eigenvalue weighted by Gasteiger charge is 2.32. The van der Waals surface area contributed by atoms with Crippen molar-refractivity contribution in [2.24, 2.45) is 0 Å². The van der Waals surface area contributed by atoms with Gasteiger partial charge < -0.3 is 30.1 Å². The fourth-order valence-electron chi connectivity index (χ4n) is 3.57. The van der Waals surface area contributed by atoms with E-state index in [2.05, 4.69) is 9.97 Å². The van der Waals surface area contributed by atoms with E-state index in [0.29, 0.717) is 24.4 Å². The third kappa shape index (κ3) is 6.91. The maximum absolute atomic E-state index is 12.7. The molecule has 0 aliphatic rings. The molecule has 0 unspecified atom stereocenters. The van der Waals surface area contributed by atoms with Gasteiger partial charge in [0, 0.05) is 35.8 Å². The highest BCUT2D eigenvalue weighted by atomic mass is 16.5. The Kier molecular flexibility index (Phi) is 8.93. The van der Waals surface area contributed by atoms with E-state index in [1.807, 2.05) is 24.5 Å². The first-order valence-electron chi connectivity index (χ1n) is 11.8. The van der Waals surface area contributed by atoms with E-state index >= 15 is 0 Å². The van der Waals surface area contributed by atoms with Crippen LogP contribution in [-0.4, -0.2) is 73.2 Å². The van der Waals surface area contributed by atoms with Gasteiger partial charge in [0.05, 0.1) is 7.11 Å². The number of benzene rings is 2. The number of hydrogen-bond acceptors (Lipinski definition) is 10. The fraction of sp³-hybridized carbons (Fsp3) is 0.269. The van der Waals surface area contributed by atoms with Crippen molar-refractivity contribution in [3.05, 3.63) is 89.0 Å². The van der Waals surface area contributed by atoms with Gasteiger partial charge >= 0.3 is 0 Å². The van der Waals surface area contributed by atoms with Gasteiger partial charge in [-0.25, -0.2) is 9.97 Å². The molecule has 0 aliphatic carbocycles. The number of carbonyl (C=O) groups is 3. The predicted molar refractivity (Wildman–Crippen MR) is 136 cm³/mol. The van der Waals surface area contributed by atoms with Crippen LogP contribution < -0.4 is 15.4 Å². The van der Waals surface area contributed by atoms with E-state index in [4.69, 9.17) is 4.74 Å². The highest BCUT2D eigenvalue weighted by molar-refractivity contribution is 5.97. The molecule has 1 heterocycles. The molecule has 39 heavy (non-hydrogen) atoms. The molecule has 0 saturated carbocycles. The summed E-state index contributed by atoms with van der Waals surface area (Å²) in [5.74, 6) is -7.71. The number of methoxy groups -OCH3 is 1. The molecule has 3 amide bonds. The topological polar surface area (TPSA) is 194 Å². The first-order chi connectivity index (χ1) is 18.4. The molecule has 0 atom stereocenters. The van der Waals surface area contributed by atoms with Crippen molar-refractivity contribution in [2.45, 2.75) is 25.7 Å². The summed E-state index contributed by atoms with van der Waals surface area (Å²) in [6.45, 7) is 4.69. The van der Waals surface area contributed by atoms with Crippen molar-refractivity contribution in [2.75, 3.05) is 20.2 Å². The summed E-state index contributed by atoms with van der Waals surface area (Å²) in [6, 6.07) is 12.0. The monoisotopic (exact) mass is 539 g/mol. The van der Waals surface area contributed by atoms with Crippen molar-refractivity contribution in [1.29, 1.82) is 0 Å². The Hall–Kier alpha value is -4.43. The number of carbonyl (C=O) groups excluding carboxylic acids is 3. The Bertz CT molecular complexity index is 1340. The van der Waals surface area contributed by atoms with Gasteiger partial charge in [-0.1, -0.05) is 24.3 Å². The fourth-order valence-corrected chi connectivity index (χ4v) is 3.57. The van der Waals surface area contributed by atoms with E-state index < -0.39 is 35.0 Å². The summed E-state index contributed by atoms with van der Waals surface area (Å²) in [4.78, 5) is 46.9. The third-order valence-corrected chi connectivity index (χ3v) is 5.77. The van der Waals surface area contributed by atoms with Gasteiger partial charge in [0.2, 0.25) is 0 Å². The second-order valence-corrected chi connectivity index (χ2v) is 8.33. The molecule has 0 bridgehead atoms. The van der Waals surface area contributed by atoms with Gasteiger partial charge in [-0.2, -0.15) is 0 Å². The van der Waals surface area contributed by atoms with E-state index in [1.165, 1.54) is 49.6 Å². The van der Waals surface area contributed by atoms with Gasteiger partial charge in [-0.15, -0.1) is 0 Å². The molecule has 0 radical (unpaired) electrons. The third-order valence-electron chi connectivity index (χ3n) is 5.77. The van der Waals surface area contributed by atoms with Crippen LogP contribution in [0.1, 0.15) is 56.3 Å². The molecule has 0 fully saturated rings. The van der Waals surface area contributed by atoms with E-state index in [-0.39, 0.29) is 17.0 Å². The Morgan fingerprint density at radius 2 is 1.36 bits per heavy atom. The largest absolute Gasteiger partial charge is 0.497 e. The Morgan fingerprint density at radius 3 is 1.87 bits per heavy atom. The number of aromatic nitrogens is 2. The quantitative estimate of drug-likeness (QED) is 0.191. The van der Waals surface area contributed by atoms with Crippen molar-refractivity contribution >= 4 is 17.7 Å². The van der Waals surface area contributed by atoms with Crippen LogP contribution in [0.2, 0.25) is 0 Å². The van der Waals surface area contributed by atoms with Gasteiger partial charge in [0.1, 0.15) is 23.5 Å².